The molecule has 0 fully saturated rings. The van der Waals surface area contributed by atoms with Crippen molar-refractivity contribution in [2.45, 2.75) is 22.5 Å². The summed E-state index contributed by atoms with van der Waals surface area (Å²) < 4.78 is 0. The van der Waals surface area contributed by atoms with Crippen molar-refractivity contribution in [3.8, 4) is 0 Å². The fraction of sp³-hybridized carbons (Fsp3) is 0.667. The number of halogens is 2. The second-order valence-electron chi connectivity index (χ2n) is 2.51. The molecule has 0 heterocycles. The fourth-order valence-corrected chi connectivity index (χ4v) is 3.22. The number of allylic oxidation sites excluding steroid dienone is 2. The summed E-state index contributed by atoms with van der Waals surface area (Å²) in [7, 11) is 1.24. The lowest BCUT2D eigenvalue weighted by molar-refractivity contribution is 0.766. The first kappa shape index (κ1) is 8.02. The van der Waals surface area contributed by atoms with Crippen LogP contribution >= 0.6 is 31.9 Å². The molecule has 3 heteroatoms. The first-order valence-corrected chi connectivity index (χ1v) is 5.98. The van der Waals surface area contributed by atoms with Crippen molar-refractivity contribution in [3.05, 3.63) is 11.3 Å². The van der Waals surface area contributed by atoms with Gasteiger partial charge in [0.15, 0.2) is 0 Å². The standard InChI is InChI=1S/C6H10Br2Si/c7-5-2-1-4(9)3-6(5)8/h3,5-6H,1-2H2,9H3. The van der Waals surface area contributed by atoms with Crippen LogP contribution in [0.15, 0.2) is 11.3 Å². The average molecular weight is 270 g/mol. The van der Waals surface area contributed by atoms with Crippen molar-refractivity contribution in [1.82, 2.24) is 0 Å². The molecule has 0 bridgehead atoms. The highest BCUT2D eigenvalue weighted by Crippen LogP contribution is 2.27. The molecule has 0 N–H and O–H groups in total. The second kappa shape index (κ2) is 3.35. The van der Waals surface area contributed by atoms with Crippen LogP contribution in [0.1, 0.15) is 12.8 Å². The summed E-state index contributed by atoms with van der Waals surface area (Å²) >= 11 is 7.20. The first-order valence-electron chi connectivity index (χ1n) is 3.15. The molecule has 0 amide bonds. The fourth-order valence-electron chi connectivity index (χ4n) is 0.984. The minimum absolute atomic E-state index is 0.582. The van der Waals surface area contributed by atoms with Crippen molar-refractivity contribution < 1.29 is 0 Å². The van der Waals surface area contributed by atoms with Gasteiger partial charge in [-0.05, 0) is 12.8 Å². The Morgan fingerprint density at radius 2 is 2.22 bits per heavy atom. The van der Waals surface area contributed by atoms with Crippen molar-refractivity contribution in [2.24, 2.45) is 0 Å². The average Bonchev–Trinajstić information content (AvgIpc) is 1.80. The normalized spacial score (nSPS) is 36.4. The van der Waals surface area contributed by atoms with Gasteiger partial charge in [-0.3, -0.25) is 0 Å². The predicted octanol–water partition coefficient (Wildman–Crippen LogP) is 1.56. The molecule has 1 rings (SSSR count). The lowest BCUT2D eigenvalue weighted by atomic mass is 10.1. The Morgan fingerprint density at radius 1 is 1.56 bits per heavy atom. The number of hydrogen-bond donors (Lipinski definition) is 0. The third-order valence-corrected chi connectivity index (χ3v) is 5.08. The molecule has 1 aliphatic carbocycles. The van der Waals surface area contributed by atoms with Crippen LogP contribution < -0.4 is 0 Å². The van der Waals surface area contributed by atoms with Crippen LogP contribution in [0, 0.1) is 0 Å². The predicted molar refractivity (Wildman–Crippen MR) is 52.7 cm³/mol. The summed E-state index contributed by atoms with van der Waals surface area (Å²) in [6, 6.07) is 0. The molecule has 0 spiro atoms. The van der Waals surface area contributed by atoms with E-state index in [-0.39, 0.29) is 0 Å². The summed E-state index contributed by atoms with van der Waals surface area (Å²) in [6.45, 7) is 0. The highest BCUT2D eigenvalue weighted by molar-refractivity contribution is 9.12. The van der Waals surface area contributed by atoms with Crippen LogP contribution in [0.4, 0.5) is 0 Å². The summed E-state index contributed by atoms with van der Waals surface area (Å²) in [4.78, 5) is 1.24. The van der Waals surface area contributed by atoms with Gasteiger partial charge in [0.2, 0.25) is 0 Å². The van der Waals surface area contributed by atoms with Gasteiger partial charge in [-0.25, -0.2) is 0 Å². The minimum Gasteiger partial charge on any atom is -0.0945 e. The van der Waals surface area contributed by atoms with Crippen molar-refractivity contribution in [1.29, 1.82) is 0 Å². The zero-order valence-electron chi connectivity index (χ0n) is 5.40. The Labute approximate surface area is 75.8 Å². The topological polar surface area (TPSA) is 0 Å². The molecule has 0 saturated carbocycles. The molecular formula is C6H10Br2Si. The Balaban J connectivity index is 2.58. The monoisotopic (exact) mass is 268 g/mol. The van der Waals surface area contributed by atoms with Crippen LogP contribution in [0.5, 0.6) is 0 Å². The van der Waals surface area contributed by atoms with E-state index in [1.165, 1.54) is 23.1 Å². The quantitative estimate of drug-likeness (QED) is 0.463. The van der Waals surface area contributed by atoms with Crippen molar-refractivity contribution in [3.63, 3.8) is 0 Å². The van der Waals surface area contributed by atoms with E-state index in [1.807, 2.05) is 0 Å². The van der Waals surface area contributed by atoms with Gasteiger partial charge in [-0.2, -0.15) is 0 Å². The maximum absolute atomic E-state index is 3.61. The maximum Gasteiger partial charge on any atom is 0.0449 e. The third-order valence-electron chi connectivity index (χ3n) is 1.60. The van der Waals surface area contributed by atoms with E-state index in [1.54, 1.807) is 5.20 Å². The van der Waals surface area contributed by atoms with Crippen LogP contribution in [-0.4, -0.2) is 19.9 Å². The lowest BCUT2D eigenvalue weighted by Gasteiger charge is -2.19. The Kier molecular flexibility index (Phi) is 2.98. The van der Waals surface area contributed by atoms with Gasteiger partial charge in [-0.1, -0.05) is 43.1 Å². The van der Waals surface area contributed by atoms with Gasteiger partial charge >= 0.3 is 0 Å². The van der Waals surface area contributed by atoms with Crippen LogP contribution in [0.2, 0.25) is 0 Å². The molecule has 0 aliphatic heterocycles. The van der Waals surface area contributed by atoms with Crippen LogP contribution in [-0.2, 0) is 0 Å². The molecule has 0 aromatic rings. The maximum atomic E-state index is 3.61. The molecule has 0 saturated heterocycles. The molecule has 0 aromatic heterocycles. The largest absolute Gasteiger partial charge is 0.0945 e. The minimum atomic E-state index is 0.582. The molecule has 52 valence electrons. The summed E-state index contributed by atoms with van der Waals surface area (Å²) in [5.74, 6) is 0. The first-order chi connectivity index (χ1) is 4.20. The summed E-state index contributed by atoms with van der Waals surface area (Å²) in [5, 5.41) is 1.65. The highest BCUT2D eigenvalue weighted by Gasteiger charge is 2.17. The van der Waals surface area contributed by atoms with E-state index in [4.69, 9.17) is 0 Å². The Hall–Kier alpha value is 0.917. The van der Waals surface area contributed by atoms with Crippen LogP contribution in [0.25, 0.3) is 0 Å². The molecule has 2 unspecified atom stereocenters. The van der Waals surface area contributed by atoms with E-state index in [9.17, 15) is 0 Å². The summed E-state index contributed by atoms with van der Waals surface area (Å²) in [5.41, 5.74) is 0. The lowest BCUT2D eigenvalue weighted by Crippen LogP contribution is -2.16. The molecule has 2 atom stereocenters. The van der Waals surface area contributed by atoms with Gasteiger partial charge in [0.05, 0.1) is 0 Å². The van der Waals surface area contributed by atoms with Gasteiger partial charge in [0.25, 0.3) is 0 Å². The van der Waals surface area contributed by atoms with Gasteiger partial charge in [-0.15, -0.1) is 0 Å². The zero-order valence-corrected chi connectivity index (χ0v) is 10.6. The van der Waals surface area contributed by atoms with E-state index in [0.717, 1.165) is 0 Å². The SMILES string of the molecule is [SiH3]C1=CC(Br)C(Br)CC1. The van der Waals surface area contributed by atoms with E-state index < -0.39 is 0 Å². The molecule has 0 radical (unpaired) electrons. The van der Waals surface area contributed by atoms with Crippen LogP contribution in [0.3, 0.4) is 0 Å². The number of alkyl halides is 2. The van der Waals surface area contributed by atoms with E-state index >= 15 is 0 Å². The van der Waals surface area contributed by atoms with E-state index in [2.05, 4.69) is 37.9 Å². The van der Waals surface area contributed by atoms with Crippen molar-refractivity contribution >= 4 is 42.1 Å². The second-order valence-corrected chi connectivity index (χ2v) is 6.03. The molecule has 0 aromatic carbocycles. The molecule has 0 nitrogen and oxygen atoms in total. The Bertz CT molecular complexity index is 133. The van der Waals surface area contributed by atoms with Gasteiger partial charge in [0.1, 0.15) is 0 Å². The molecule has 9 heavy (non-hydrogen) atoms. The highest BCUT2D eigenvalue weighted by atomic mass is 79.9. The van der Waals surface area contributed by atoms with Gasteiger partial charge in [0, 0.05) is 19.9 Å². The smallest absolute Gasteiger partial charge is 0.0449 e. The Morgan fingerprint density at radius 3 is 2.67 bits per heavy atom. The van der Waals surface area contributed by atoms with Crippen molar-refractivity contribution in [2.75, 3.05) is 0 Å². The number of hydrogen-bond acceptors (Lipinski definition) is 0. The third kappa shape index (κ3) is 2.20. The van der Waals surface area contributed by atoms with Gasteiger partial charge < -0.3 is 0 Å². The molecule has 1 aliphatic rings. The zero-order chi connectivity index (χ0) is 6.85. The summed E-state index contributed by atoms with van der Waals surface area (Å²) in [6.07, 6.45) is 4.95. The number of rotatable bonds is 0. The molecular weight excluding hydrogens is 260 g/mol. The van der Waals surface area contributed by atoms with E-state index in [0.29, 0.717) is 9.65 Å².